The lowest BCUT2D eigenvalue weighted by molar-refractivity contribution is -0.281. The molecule has 13 aliphatic rings. The number of carbonyl (C=O) groups excluding carboxylic acids is 2. The molecule has 13 fully saturated rings. The molecule has 11 atom stereocenters. The van der Waals surface area contributed by atoms with Crippen molar-refractivity contribution >= 4 is 11.9 Å². The van der Waals surface area contributed by atoms with Crippen LogP contribution in [-0.4, -0.2) is 43.1 Å². The minimum absolute atomic E-state index is 0.0182. The summed E-state index contributed by atoms with van der Waals surface area (Å²) in [7, 11) is 0. The molecule has 1 heterocycles. The third-order valence-electron chi connectivity index (χ3n) is 16.4. The zero-order valence-corrected chi connectivity index (χ0v) is 28.4. The van der Waals surface area contributed by atoms with Crippen molar-refractivity contribution in [3.63, 3.8) is 0 Å². The standard InChI is InChI=1S/C40H58O6/c1-37-14-27-4-5-31(20-37)40(32(13-27)21-37)45-33(22-43-35(41)38-7-6-24-8-28(17-38)12-29(9-24)18-38)34(46-40)23-44-36(42)39-15-25-2-3-26(16-39)11-30(10-25)19-39/h24-34H,2-23H2,1H3. The first-order valence-electron chi connectivity index (χ1n) is 19.9. The van der Waals surface area contributed by atoms with Crippen LogP contribution in [0.1, 0.15) is 135 Å². The minimum Gasteiger partial charge on any atom is -0.462 e. The first-order valence-corrected chi connectivity index (χ1v) is 19.9. The van der Waals surface area contributed by atoms with E-state index in [4.69, 9.17) is 18.9 Å². The second-order valence-electron chi connectivity index (χ2n) is 19.8. The van der Waals surface area contributed by atoms with Gasteiger partial charge in [0.15, 0.2) is 5.79 Å². The number of hydrogen-bond acceptors (Lipinski definition) is 6. The number of esters is 2. The molecule has 0 N–H and O–H groups in total. The first-order chi connectivity index (χ1) is 22.2. The van der Waals surface area contributed by atoms with E-state index in [-0.39, 0.29) is 48.2 Å². The fourth-order valence-electron chi connectivity index (χ4n) is 15.2. The first kappa shape index (κ1) is 29.7. The van der Waals surface area contributed by atoms with E-state index in [0.29, 0.717) is 46.8 Å². The lowest BCUT2D eigenvalue weighted by atomic mass is 9.57. The monoisotopic (exact) mass is 634 g/mol. The van der Waals surface area contributed by atoms with E-state index in [0.717, 1.165) is 69.6 Å². The van der Waals surface area contributed by atoms with E-state index in [1.807, 2.05) is 0 Å². The SMILES string of the molecule is CC12CC3CCC(C1)C1(OC(COC(=O)C45CCC6CC(CC(C6)C4)C5)C(COC(=O)C45CC6CCC(CC(C6)C4)C5)O1)C(C3)C2. The quantitative estimate of drug-likeness (QED) is 0.276. The van der Waals surface area contributed by atoms with E-state index in [1.165, 1.54) is 70.6 Å². The van der Waals surface area contributed by atoms with Gasteiger partial charge in [-0.15, -0.1) is 0 Å². The molecule has 13 rings (SSSR count). The van der Waals surface area contributed by atoms with Crippen LogP contribution < -0.4 is 0 Å². The van der Waals surface area contributed by atoms with E-state index in [2.05, 4.69) is 6.92 Å². The Hall–Kier alpha value is -1.14. The molecule has 1 aliphatic heterocycles. The Balaban J connectivity index is 0.888. The highest BCUT2D eigenvalue weighted by Crippen LogP contribution is 2.65. The molecule has 0 aromatic rings. The topological polar surface area (TPSA) is 71.1 Å². The van der Waals surface area contributed by atoms with Gasteiger partial charge in [0.1, 0.15) is 25.4 Å². The summed E-state index contributed by atoms with van der Waals surface area (Å²) < 4.78 is 27.1. The van der Waals surface area contributed by atoms with Crippen LogP contribution in [0.5, 0.6) is 0 Å². The average molecular weight is 635 g/mol. The molecular formula is C40H58O6. The Kier molecular flexibility index (Phi) is 6.75. The summed E-state index contributed by atoms with van der Waals surface area (Å²) in [5, 5.41) is 0. The maximum atomic E-state index is 14.1. The van der Waals surface area contributed by atoms with Gasteiger partial charge in [0, 0.05) is 11.8 Å². The van der Waals surface area contributed by atoms with Crippen LogP contribution in [0.15, 0.2) is 0 Å². The number of carbonyl (C=O) groups is 2. The third kappa shape index (κ3) is 4.67. The third-order valence-corrected chi connectivity index (χ3v) is 16.4. The van der Waals surface area contributed by atoms with Crippen LogP contribution in [-0.2, 0) is 28.5 Å². The van der Waals surface area contributed by atoms with Crippen LogP contribution >= 0.6 is 0 Å². The molecule has 6 nitrogen and oxygen atoms in total. The Morgan fingerprint density at radius 1 is 0.543 bits per heavy atom. The van der Waals surface area contributed by atoms with Crippen molar-refractivity contribution in [2.45, 2.75) is 153 Å². The summed E-state index contributed by atoms with van der Waals surface area (Å²) in [4.78, 5) is 28.2. The lowest BCUT2D eigenvalue weighted by Gasteiger charge is -2.54. The maximum absolute atomic E-state index is 14.1. The highest BCUT2D eigenvalue weighted by molar-refractivity contribution is 5.78. The number of rotatable bonds is 6. The van der Waals surface area contributed by atoms with Gasteiger partial charge in [0.2, 0.25) is 0 Å². The van der Waals surface area contributed by atoms with E-state index < -0.39 is 5.79 Å². The normalized spacial score (nSPS) is 55.8. The van der Waals surface area contributed by atoms with Gasteiger partial charge in [-0.25, -0.2) is 0 Å². The summed E-state index contributed by atoms with van der Waals surface area (Å²) in [5.41, 5.74) is -0.214. The molecule has 46 heavy (non-hydrogen) atoms. The van der Waals surface area contributed by atoms with Gasteiger partial charge < -0.3 is 18.9 Å². The van der Waals surface area contributed by atoms with Gasteiger partial charge in [0.05, 0.1) is 10.8 Å². The van der Waals surface area contributed by atoms with Crippen molar-refractivity contribution in [3.05, 3.63) is 0 Å². The average Bonchev–Trinajstić information content (AvgIpc) is 3.16. The summed E-state index contributed by atoms with van der Waals surface area (Å²) in [6.07, 6.45) is 22.9. The van der Waals surface area contributed by atoms with Crippen molar-refractivity contribution in [1.82, 2.24) is 0 Å². The second kappa shape index (κ2) is 10.4. The fraction of sp³-hybridized carbons (Fsp3) is 0.950. The highest BCUT2D eigenvalue weighted by Gasteiger charge is 2.65. The summed E-state index contributed by atoms with van der Waals surface area (Å²) in [6, 6.07) is 0. The number of ether oxygens (including phenoxy) is 4. The number of hydrogen-bond donors (Lipinski definition) is 0. The molecule has 254 valence electrons. The molecule has 11 unspecified atom stereocenters. The van der Waals surface area contributed by atoms with Crippen molar-refractivity contribution in [2.75, 3.05) is 13.2 Å². The van der Waals surface area contributed by atoms with Gasteiger partial charge in [-0.3, -0.25) is 9.59 Å². The predicted molar refractivity (Wildman–Crippen MR) is 171 cm³/mol. The van der Waals surface area contributed by atoms with Crippen LogP contribution in [0.4, 0.5) is 0 Å². The van der Waals surface area contributed by atoms with Crippen molar-refractivity contribution in [3.8, 4) is 0 Å². The van der Waals surface area contributed by atoms with Crippen molar-refractivity contribution in [2.24, 2.45) is 69.5 Å². The molecule has 12 saturated carbocycles. The molecule has 0 aromatic heterocycles. The van der Waals surface area contributed by atoms with E-state index >= 15 is 0 Å². The zero-order chi connectivity index (χ0) is 30.9. The largest absolute Gasteiger partial charge is 0.462 e. The van der Waals surface area contributed by atoms with Crippen molar-refractivity contribution in [1.29, 1.82) is 0 Å². The minimum atomic E-state index is -0.626. The summed E-state index contributed by atoms with van der Waals surface area (Å²) in [6.45, 7) is 2.94. The fourth-order valence-corrected chi connectivity index (χ4v) is 15.2. The van der Waals surface area contributed by atoms with Crippen LogP contribution in [0.2, 0.25) is 0 Å². The van der Waals surface area contributed by atoms with Crippen LogP contribution in [0.3, 0.4) is 0 Å². The van der Waals surface area contributed by atoms with Gasteiger partial charge in [-0.05, 0) is 162 Å². The Morgan fingerprint density at radius 3 is 1.72 bits per heavy atom. The van der Waals surface area contributed by atoms with Gasteiger partial charge in [-0.1, -0.05) is 19.8 Å². The second-order valence-corrected chi connectivity index (χ2v) is 19.8. The molecule has 0 aromatic carbocycles. The van der Waals surface area contributed by atoms with Gasteiger partial charge in [0.25, 0.3) is 0 Å². The molecule has 0 amide bonds. The Labute approximate surface area is 276 Å². The predicted octanol–water partition coefficient (Wildman–Crippen LogP) is 8.00. The highest BCUT2D eigenvalue weighted by atomic mass is 16.8. The molecule has 1 spiro atoms. The molecule has 12 bridgehead atoms. The molecular weight excluding hydrogens is 576 g/mol. The Bertz CT molecular complexity index is 1190. The van der Waals surface area contributed by atoms with E-state index in [1.54, 1.807) is 0 Å². The summed E-state index contributed by atoms with van der Waals surface area (Å²) >= 11 is 0. The lowest BCUT2D eigenvalue weighted by Crippen LogP contribution is -2.55. The molecule has 0 radical (unpaired) electrons. The van der Waals surface area contributed by atoms with Crippen LogP contribution in [0.25, 0.3) is 0 Å². The van der Waals surface area contributed by atoms with Gasteiger partial charge in [-0.2, -0.15) is 0 Å². The van der Waals surface area contributed by atoms with E-state index in [9.17, 15) is 9.59 Å². The van der Waals surface area contributed by atoms with Crippen molar-refractivity contribution < 1.29 is 28.5 Å². The smallest absolute Gasteiger partial charge is 0.312 e. The molecule has 6 heteroatoms. The Morgan fingerprint density at radius 2 is 1.04 bits per heavy atom. The zero-order valence-electron chi connectivity index (χ0n) is 28.4. The molecule has 1 saturated heterocycles. The molecule has 12 aliphatic carbocycles. The van der Waals surface area contributed by atoms with Gasteiger partial charge >= 0.3 is 11.9 Å². The summed E-state index contributed by atoms with van der Waals surface area (Å²) in [5.74, 6) is 5.18. The number of fused-ring (bicyclic) bond motifs is 3. The van der Waals surface area contributed by atoms with Crippen LogP contribution in [0, 0.1) is 69.5 Å². The maximum Gasteiger partial charge on any atom is 0.312 e.